The van der Waals surface area contributed by atoms with E-state index in [-0.39, 0.29) is 6.03 Å². The highest BCUT2D eigenvalue weighted by molar-refractivity contribution is 5.94. The summed E-state index contributed by atoms with van der Waals surface area (Å²) in [6.07, 6.45) is 0. The van der Waals surface area contributed by atoms with Crippen LogP contribution in [0.15, 0.2) is 48.5 Å². The highest BCUT2D eigenvalue weighted by atomic mass is 16.5. The summed E-state index contributed by atoms with van der Waals surface area (Å²) in [7, 11) is 0. The monoisotopic (exact) mass is 282 g/mol. The smallest absolute Gasteiger partial charge is 0.322 e. The molecule has 3 rings (SSSR count). The zero-order valence-corrected chi connectivity index (χ0v) is 12.0. The zero-order valence-electron chi connectivity index (χ0n) is 12.0. The van der Waals surface area contributed by atoms with Crippen LogP contribution < -0.4 is 15.0 Å². The molecule has 2 aromatic carbocycles. The average Bonchev–Trinajstić information content (AvgIpc) is 2.53. The van der Waals surface area contributed by atoms with E-state index in [1.165, 1.54) is 0 Å². The van der Waals surface area contributed by atoms with Crippen LogP contribution in [0.1, 0.15) is 11.1 Å². The molecule has 1 heterocycles. The van der Waals surface area contributed by atoms with Crippen LogP contribution in [-0.4, -0.2) is 19.2 Å². The molecule has 0 saturated heterocycles. The maximum absolute atomic E-state index is 12.4. The summed E-state index contributed by atoms with van der Waals surface area (Å²) in [6.45, 7) is 3.62. The van der Waals surface area contributed by atoms with Gasteiger partial charge in [0.05, 0.1) is 12.2 Å². The fourth-order valence-corrected chi connectivity index (χ4v) is 2.41. The van der Waals surface area contributed by atoms with Crippen molar-refractivity contribution < 1.29 is 9.53 Å². The largest absolute Gasteiger partial charge is 0.490 e. The van der Waals surface area contributed by atoms with Crippen molar-refractivity contribution >= 4 is 11.7 Å². The number of fused-ring (bicyclic) bond motifs is 1. The van der Waals surface area contributed by atoms with E-state index in [1.54, 1.807) is 4.90 Å². The van der Waals surface area contributed by atoms with Gasteiger partial charge in [-0.05, 0) is 30.2 Å². The fraction of sp³-hybridized carbons (Fsp3) is 0.235. The lowest BCUT2D eigenvalue weighted by Gasteiger charge is -2.29. The van der Waals surface area contributed by atoms with Crippen LogP contribution in [0, 0.1) is 6.92 Å². The summed E-state index contributed by atoms with van der Waals surface area (Å²) in [5, 5.41) is 2.96. The lowest BCUT2D eigenvalue weighted by Crippen LogP contribution is -2.44. The maximum Gasteiger partial charge on any atom is 0.322 e. The molecule has 0 bridgehead atoms. The Morgan fingerprint density at radius 3 is 2.86 bits per heavy atom. The molecule has 4 nitrogen and oxygen atoms in total. The number of anilines is 1. The van der Waals surface area contributed by atoms with E-state index in [0.29, 0.717) is 19.7 Å². The van der Waals surface area contributed by atoms with Gasteiger partial charge < -0.3 is 10.1 Å². The van der Waals surface area contributed by atoms with Crippen LogP contribution in [0.3, 0.4) is 0 Å². The van der Waals surface area contributed by atoms with E-state index in [4.69, 9.17) is 4.74 Å². The molecular weight excluding hydrogens is 264 g/mol. The Morgan fingerprint density at radius 1 is 1.24 bits per heavy atom. The summed E-state index contributed by atoms with van der Waals surface area (Å²) in [5.41, 5.74) is 3.04. The normalized spacial score (nSPS) is 13.3. The van der Waals surface area contributed by atoms with Gasteiger partial charge in [0.15, 0.2) is 0 Å². The van der Waals surface area contributed by atoms with Gasteiger partial charge in [0, 0.05) is 6.54 Å². The van der Waals surface area contributed by atoms with E-state index >= 15 is 0 Å². The number of carbonyl (C=O) groups is 1. The first kappa shape index (κ1) is 13.5. The predicted octanol–water partition coefficient (Wildman–Crippen LogP) is 3.10. The molecule has 1 aliphatic rings. The van der Waals surface area contributed by atoms with Crippen molar-refractivity contribution in [2.75, 3.05) is 18.1 Å². The molecule has 0 fully saturated rings. The number of amides is 2. The third-order valence-corrected chi connectivity index (χ3v) is 3.51. The molecule has 0 aromatic heterocycles. The van der Waals surface area contributed by atoms with Crippen molar-refractivity contribution in [3.63, 3.8) is 0 Å². The topological polar surface area (TPSA) is 41.6 Å². The summed E-state index contributed by atoms with van der Waals surface area (Å²) < 4.78 is 5.60. The zero-order chi connectivity index (χ0) is 14.7. The van der Waals surface area contributed by atoms with Crippen LogP contribution in [0.4, 0.5) is 10.5 Å². The first-order valence-electron chi connectivity index (χ1n) is 7.07. The standard InChI is InChI=1S/C17H18N2O2/c1-13-7-8-16-15(11-13)19(9-10-21-16)17(20)18-12-14-5-3-2-4-6-14/h2-8,11H,9-10,12H2,1H3,(H,18,20). The number of hydrogen-bond acceptors (Lipinski definition) is 2. The van der Waals surface area contributed by atoms with Gasteiger partial charge in [0.1, 0.15) is 12.4 Å². The second kappa shape index (κ2) is 5.87. The number of hydrogen-bond donors (Lipinski definition) is 1. The molecule has 1 aliphatic heterocycles. The van der Waals surface area contributed by atoms with Crippen LogP contribution in [-0.2, 0) is 6.54 Å². The van der Waals surface area contributed by atoms with Crippen molar-refractivity contribution in [1.29, 1.82) is 0 Å². The van der Waals surface area contributed by atoms with Crippen LogP contribution in [0.25, 0.3) is 0 Å². The fourth-order valence-electron chi connectivity index (χ4n) is 2.41. The average molecular weight is 282 g/mol. The summed E-state index contributed by atoms with van der Waals surface area (Å²) in [5.74, 6) is 0.765. The molecule has 2 aromatic rings. The van der Waals surface area contributed by atoms with Gasteiger partial charge in [0.25, 0.3) is 0 Å². The molecule has 4 heteroatoms. The third-order valence-electron chi connectivity index (χ3n) is 3.51. The van der Waals surface area contributed by atoms with E-state index in [0.717, 1.165) is 22.6 Å². The van der Waals surface area contributed by atoms with Gasteiger partial charge in [0.2, 0.25) is 0 Å². The molecule has 0 aliphatic carbocycles. The number of aryl methyl sites for hydroxylation is 1. The quantitative estimate of drug-likeness (QED) is 0.919. The highest BCUT2D eigenvalue weighted by Crippen LogP contribution is 2.32. The predicted molar refractivity (Wildman–Crippen MR) is 82.7 cm³/mol. The Balaban J connectivity index is 1.73. The van der Waals surface area contributed by atoms with Gasteiger partial charge in [-0.2, -0.15) is 0 Å². The van der Waals surface area contributed by atoms with Crippen molar-refractivity contribution in [2.24, 2.45) is 0 Å². The molecule has 1 N–H and O–H groups in total. The number of carbonyl (C=O) groups excluding carboxylic acids is 1. The molecule has 0 atom stereocenters. The SMILES string of the molecule is Cc1ccc2c(c1)N(C(=O)NCc1ccccc1)CCO2. The first-order chi connectivity index (χ1) is 10.2. The third kappa shape index (κ3) is 2.99. The van der Waals surface area contributed by atoms with E-state index < -0.39 is 0 Å². The lowest BCUT2D eigenvalue weighted by atomic mass is 10.1. The molecule has 0 saturated carbocycles. The Morgan fingerprint density at radius 2 is 2.05 bits per heavy atom. The van der Waals surface area contributed by atoms with Gasteiger partial charge in [-0.25, -0.2) is 4.79 Å². The van der Waals surface area contributed by atoms with Crippen molar-refractivity contribution in [1.82, 2.24) is 5.32 Å². The number of benzene rings is 2. The summed E-state index contributed by atoms with van der Waals surface area (Å²) in [6, 6.07) is 15.7. The van der Waals surface area contributed by atoms with E-state index in [1.807, 2.05) is 55.5 Å². The van der Waals surface area contributed by atoms with Gasteiger partial charge >= 0.3 is 6.03 Å². The second-order valence-corrected chi connectivity index (χ2v) is 5.12. The van der Waals surface area contributed by atoms with Crippen molar-refractivity contribution in [2.45, 2.75) is 13.5 Å². The molecular formula is C17H18N2O2. The van der Waals surface area contributed by atoms with Crippen molar-refractivity contribution in [3.05, 3.63) is 59.7 Å². The molecule has 108 valence electrons. The minimum Gasteiger partial charge on any atom is -0.490 e. The number of nitrogens with zero attached hydrogens (tertiary/aromatic N) is 1. The Kier molecular flexibility index (Phi) is 3.77. The molecule has 21 heavy (non-hydrogen) atoms. The Hall–Kier alpha value is -2.49. The summed E-state index contributed by atoms with van der Waals surface area (Å²) >= 11 is 0. The minimum absolute atomic E-state index is 0.0889. The lowest BCUT2D eigenvalue weighted by molar-refractivity contribution is 0.239. The number of nitrogens with one attached hydrogen (secondary N) is 1. The molecule has 0 spiro atoms. The number of rotatable bonds is 2. The second-order valence-electron chi connectivity index (χ2n) is 5.12. The van der Waals surface area contributed by atoms with Crippen LogP contribution in [0.5, 0.6) is 5.75 Å². The van der Waals surface area contributed by atoms with Gasteiger partial charge in [-0.3, -0.25) is 4.90 Å². The Bertz CT molecular complexity index is 640. The van der Waals surface area contributed by atoms with Crippen LogP contribution in [0.2, 0.25) is 0 Å². The van der Waals surface area contributed by atoms with Gasteiger partial charge in [-0.15, -0.1) is 0 Å². The van der Waals surface area contributed by atoms with Crippen LogP contribution >= 0.6 is 0 Å². The molecule has 0 radical (unpaired) electrons. The Labute approximate surface area is 124 Å². The first-order valence-corrected chi connectivity index (χ1v) is 7.07. The maximum atomic E-state index is 12.4. The van der Waals surface area contributed by atoms with E-state index in [2.05, 4.69) is 5.32 Å². The van der Waals surface area contributed by atoms with Crippen molar-refractivity contribution in [3.8, 4) is 5.75 Å². The summed E-state index contributed by atoms with van der Waals surface area (Å²) in [4.78, 5) is 14.1. The molecule has 0 unspecified atom stereocenters. The molecule has 2 amide bonds. The minimum atomic E-state index is -0.0889. The highest BCUT2D eigenvalue weighted by Gasteiger charge is 2.23. The van der Waals surface area contributed by atoms with E-state index in [9.17, 15) is 4.79 Å². The number of urea groups is 1. The van der Waals surface area contributed by atoms with Gasteiger partial charge in [-0.1, -0.05) is 36.4 Å². The number of ether oxygens (including phenoxy) is 1.